The largest absolute Gasteiger partial charge is 0.481 e. The van der Waals surface area contributed by atoms with Crippen molar-refractivity contribution in [3.05, 3.63) is 0 Å². The Morgan fingerprint density at radius 1 is 1.39 bits per heavy atom. The van der Waals surface area contributed by atoms with Crippen molar-refractivity contribution in [1.82, 2.24) is 9.80 Å². The Morgan fingerprint density at radius 2 is 2.11 bits per heavy atom. The average Bonchev–Trinajstić information content (AvgIpc) is 2.39. The first-order valence-corrected chi connectivity index (χ1v) is 6.86. The van der Waals surface area contributed by atoms with E-state index in [-0.39, 0.29) is 6.03 Å². The van der Waals surface area contributed by atoms with E-state index in [1.54, 1.807) is 4.90 Å². The molecule has 1 aliphatic heterocycles. The molecule has 0 radical (unpaired) electrons. The first-order valence-electron chi connectivity index (χ1n) is 6.86. The summed E-state index contributed by atoms with van der Waals surface area (Å²) in [5.41, 5.74) is 0. The zero-order chi connectivity index (χ0) is 13.5. The van der Waals surface area contributed by atoms with Crippen LogP contribution in [-0.4, -0.2) is 53.1 Å². The highest BCUT2D eigenvalue weighted by atomic mass is 16.4. The van der Waals surface area contributed by atoms with Crippen LogP contribution in [0.2, 0.25) is 0 Å². The summed E-state index contributed by atoms with van der Waals surface area (Å²) in [6.45, 7) is 6.56. The van der Waals surface area contributed by atoms with Gasteiger partial charge in [0.2, 0.25) is 0 Å². The first-order chi connectivity index (χ1) is 8.60. The number of rotatable bonds is 5. The molecule has 18 heavy (non-hydrogen) atoms. The molecule has 1 atom stereocenters. The maximum atomic E-state index is 12.3. The van der Waals surface area contributed by atoms with Crippen LogP contribution in [0.4, 0.5) is 4.79 Å². The van der Waals surface area contributed by atoms with Crippen molar-refractivity contribution in [2.45, 2.75) is 39.5 Å². The Hall–Kier alpha value is -1.26. The van der Waals surface area contributed by atoms with E-state index < -0.39 is 11.9 Å². The number of aliphatic carboxylic acids is 1. The quantitative estimate of drug-likeness (QED) is 0.818. The minimum absolute atomic E-state index is 0.00287. The van der Waals surface area contributed by atoms with Gasteiger partial charge in [-0.15, -0.1) is 0 Å². The Morgan fingerprint density at radius 3 is 2.67 bits per heavy atom. The van der Waals surface area contributed by atoms with E-state index in [1.165, 1.54) is 0 Å². The second kappa shape index (κ2) is 7.24. The van der Waals surface area contributed by atoms with E-state index in [1.807, 2.05) is 11.8 Å². The number of hydrogen-bond donors (Lipinski definition) is 1. The van der Waals surface area contributed by atoms with Gasteiger partial charge >= 0.3 is 12.0 Å². The third-order valence-electron chi connectivity index (χ3n) is 3.47. The predicted molar refractivity (Wildman–Crippen MR) is 69.5 cm³/mol. The van der Waals surface area contributed by atoms with Crippen molar-refractivity contribution in [2.24, 2.45) is 5.92 Å². The van der Waals surface area contributed by atoms with Gasteiger partial charge in [-0.05, 0) is 26.2 Å². The maximum absolute atomic E-state index is 12.3. The molecule has 1 N–H and O–H groups in total. The van der Waals surface area contributed by atoms with Gasteiger partial charge in [-0.3, -0.25) is 4.79 Å². The zero-order valence-corrected chi connectivity index (χ0v) is 11.4. The van der Waals surface area contributed by atoms with Gasteiger partial charge in [0.05, 0.1) is 5.92 Å². The van der Waals surface area contributed by atoms with Crippen molar-refractivity contribution in [3.8, 4) is 0 Å². The van der Waals surface area contributed by atoms with Gasteiger partial charge in [-0.1, -0.05) is 13.3 Å². The number of amides is 2. The van der Waals surface area contributed by atoms with Gasteiger partial charge in [0, 0.05) is 26.2 Å². The number of urea groups is 1. The number of carbonyl (C=O) groups is 2. The van der Waals surface area contributed by atoms with E-state index in [0.717, 1.165) is 25.8 Å². The van der Waals surface area contributed by atoms with Crippen LogP contribution in [-0.2, 0) is 4.79 Å². The molecule has 1 fully saturated rings. The van der Waals surface area contributed by atoms with Gasteiger partial charge in [-0.25, -0.2) is 4.79 Å². The minimum atomic E-state index is -0.788. The van der Waals surface area contributed by atoms with Crippen molar-refractivity contribution in [1.29, 1.82) is 0 Å². The topological polar surface area (TPSA) is 60.9 Å². The van der Waals surface area contributed by atoms with E-state index in [4.69, 9.17) is 5.11 Å². The smallest absolute Gasteiger partial charge is 0.320 e. The summed E-state index contributed by atoms with van der Waals surface area (Å²) >= 11 is 0. The zero-order valence-electron chi connectivity index (χ0n) is 11.4. The molecule has 1 rings (SSSR count). The Bertz CT molecular complexity index is 294. The third kappa shape index (κ3) is 3.89. The lowest BCUT2D eigenvalue weighted by Gasteiger charge is -2.34. The van der Waals surface area contributed by atoms with Crippen LogP contribution >= 0.6 is 0 Å². The van der Waals surface area contributed by atoms with Gasteiger partial charge < -0.3 is 14.9 Å². The Balaban J connectivity index is 2.55. The van der Waals surface area contributed by atoms with Crippen molar-refractivity contribution >= 4 is 12.0 Å². The van der Waals surface area contributed by atoms with Crippen molar-refractivity contribution in [3.63, 3.8) is 0 Å². The summed E-state index contributed by atoms with van der Waals surface area (Å²) in [5.74, 6) is -1.18. The number of likely N-dealkylation sites (tertiary alicyclic amines) is 1. The summed E-state index contributed by atoms with van der Waals surface area (Å²) < 4.78 is 0. The summed E-state index contributed by atoms with van der Waals surface area (Å²) in [7, 11) is 0. The fourth-order valence-corrected chi connectivity index (χ4v) is 2.29. The molecule has 5 heteroatoms. The lowest BCUT2D eigenvalue weighted by atomic mass is 9.98. The normalized spacial score (nSPS) is 19.7. The molecular weight excluding hydrogens is 232 g/mol. The predicted octanol–water partition coefficient (Wildman–Crippen LogP) is 2.03. The molecule has 0 spiro atoms. The number of carbonyl (C=O) groups excluding carboxylic acids is 1. The number of piperidine rings is 1. The summed E-state index contributed by atoms with van der Waals surface area (Å²) in [5, 5.41) is 9.02. The van der Waals surface area contributed by atoms with E-state index in [0.29, 0.717) is 26.1 Å². The second-order valence-electron chi connectivity index (χ2n) is 4.84. The monoisotopic (exact) mass is 256 g/mol. The Kier molecular flexibility index (Phi) is 5.95. The van der Waals surface area contributed by atoms with Crippen LogP contribution < -0.4 is 0 Å². The van der Waals surface area contributed by atoms with E-state index in [9.17, 15) is 9.59 Å². The lowest BCUT2D eigenvalue weighted by Crippen LogP contribution is -2.49. The highest BCUT2D eigenvalue weighted by Gasteiger charge is 2.29. The molecule has 2 amide bonds. The molecule has 1 aliphatic rings. The lowest BCUT2D eigenvalue weighted by molar-refractivity contribution is -0.143. The molecule has 1 saturated heterocycles. The van der Waals surface area contributed by atoms with Gasteiger partial charge in [-0.2, -0.15) is 0 Å². The highest BCUT2D eigenvalue weighted by Crippen LogP contribution is 2.18. The number of hydrogen-bond acceptors (Lipinski definition) is 2. The van der Waals surface area contributed by atoms with Crippen LogP contribution in [0.5, 0.6) is 0 Å². The molecule has 0 aromatic heterocycles. The molecule has 0 bridgehead atoms. The molecule has 5 nitrogen and oxygen atoms in total. The van der Waals surface area contributed by atoms with Crippen LogP contribution in [0.3, 0.4) is 0 Å². The molecule has 1 heterocycles. The number of carboxylic acid groups (broad SMARTS) is 1. The van der Waals surface area contributed by atoms with Crippen LogP contribution in [0, 0.1) is 5.92 Å². The van der Waals surface area contributed by atoms with Crippen LogP contribution in [0.25, 0.3) is 0 Å². The fourth-order valence-electron chi connectivity index (χ4n) is 2.29. The molecule has 0 aromatic rings. The molecule has 0 aromatic carbocycles. The van der Waals surface area contributed by atoms with Crippen molar-refractivity contribution < 1.29 is 14.7 Å². The van der Waals surface area contributed by atoms with Crippen LogP contribution in [0.15, 0.2) is 0 Å². The summed E-state index contributed by atoms with van der Waals surface area (Å²) in [6.07, 6.45) is 3.52. The van der Waals surface area contributed by atoms with E-state index in [2.05, 4.69) is 6.92 Å². The summed E-state index contributed by atoms with van der Waals surface area (Å²) in [6, 6.07) is -0.00287. The molecule has 104 valence electrons. The Labute approximate surface area is 109 Å². The fraction of sp³-hybridized carbons (Fsp3) is 0.846. The minimum Gasteiger partial charge on any atom is -0.481 e. The standard InChI is InChI=1S/C13H24N2O3/c1-3-5-8-14(4-2)13(18)15-9-6-7-11(10-15)12(16)17/h11H,3-10H2,1-2H3,(H,16,17)/t11-/m0/s1. The first kappa shape index (κ1) is 14.8. The average molecular weight is 256 g/mol. The SMILES string of the molecule is CCCCN(CC)C(=O)N1CCC[C@H](C(=O)O)C1. The molecule has 0 unspecified atom stereocenters. The number of nitrogens with zero attached hydrogens (tertiary/aromatic N) is 2. The second-order valence-corrected chi connectivity index (χ2v) is 4.84. The van der Waals surface area contributed by atoms with Gasteiger partial charge in [0.15, 0.2) is 0 Å². The number of carboxylic acids is 1. The number of unbranched alkanes of at least 4 members (excludes halogenated alkanes) is 1. The van der Waals surface area contributed by atoms with Crippen LogP contribution in [0.1, 0.15) is 39.5 Å². The third-order valence-corrected chi connectivity index (χ3v) is 3.47. The van der Waals surface area contributed by atoms with Crippen molar-refractivity contribution in [2.75, 3.05) is 26.2 Å². The van der Waals surface area contributed by atoms with Gasteiger partial charge in [0.25, 0.3) is 0 Å². The van der Waals surface area contributed by atoms with E-state index >= 15 is 0 Å². The molecule has 0 aliphatic carbocycles. The van der Waals surface area contributed by atoms with Gasteiger partial charge in [0.1, 0.15) is 0 Å². The molecule has 0 saturated carbocycles. The summed E-state index contributed by atoms with van der Waals surface area (Å²) in [4.78, 5) is 26.8. The highest BCUT2D eigenvalue weighted by molar-refractivity contribution is 5.76. The molecular formula is C13H24N2O3. The maximum Gasteiger partial charge on any atom is 0.320 e.